The second-order valence-electron chi connectivity index (χ2n) is 8.27. The molecule has 0 radical (unpaired) electrons. The number of hydrogen-bond donors (Lipinski definition) is 2. The number of thioether (sulfide) groups is 1. The van der Waals surface area contributed by atoms with Crippen LogP contribution in [-0.4, -0.2) is 52.3 Å². The molecule has 178 valence electrons. The van der Waals surface area contributed by atoms with Gasteiger partial charge in [0.25, 0.3) is 5.91 Å². The van der Waals surface area contributed by atoms with Gasteiger partial charge >= 0.3 is 12.1 Å². The number of carbonyl (C=O) groups excluding carboxylic acids is 2. The summed E-state index contributed by atoms with van der Waals surface area (Å²) < 4.78 is 6.10. The van der Waals surface area contributed by atoms with Gasteiger partial charge in [0.2, 0.25) is 0 Å². The third kappa shape index (κ3) is 4.53. The van der Waals surface area contributed by atoms with Crippen molar-refractivity contribution < 1.29 is 24.2 Å². The van der Waals surface area contributed by atoms with Crippen molar-refractivity contribution in [3.8, 4) is 11.1 Å². The van der Waals surface area contributed by atoms with Crippen molar-refractivity contribution in [2.75, 3.05) is 23.6 Å². The molecule has 5 rings (SSSR count). The van der Waals surface area contributed by atoms with Crippen LogP contribution in [0.2, 0.25) is 0 Å². The molecule has 1 atom stereocenters. The lowest BCUT2D eigenvalue weighted by Gasteiger charge is -2.21. The van der Waals surface area contributed by atoms with Gasteiger partial charge in [-0.1, -0.05) is 48.5 Å². The summed E-state index contributed by atoms with van der Waals surface area (Å²) in [5.41, 5.74) is 5.19. The van der Waals surface area contributed by atoms with Crippen molar-refractivity contribution in [2.24, 2.45) is 0 Å². The maximum absolute atomic E-state index is 13.0. The third-order valence-corrected chi connectivity index (χ3v) is 7.92. The van der Waals surface area contributed by atoms with Crippen LogP contribution in [0.15, 0.2) is 71.2 Å². The molecule has 1 saturated heterocycles. The number of ether oxygens (including phenoxy) is 1. The van der Waals surface area contributed by atoms with Crippen LogP contribution >= 0.6 is 27.7 Å². The number of benzene rings is 3. The van der Waals surface area contributed by atoms with Crippen LogP contribution in [0.3, 0.4) is 0 Å². The van der Waals surface area contributed by atoms with Crippen LogP contribution in [0.4, 0.5) is 10.5 Å². The Hall–Kier alpha value is -3.30. The number of amides is 2. The summed E-state index contributed by atoms with van der Waals surface area (Å²) in [6.45, 7) is 0.174. The zero-order chi connectivity index (χ0) is 24.5. The highest BCUT2D eigenvalue weighted by atomic mass is 79.9. The molecule has 2 aliphatic rings. The molecule has 1 unspecified atom stereocenters. The topological polar surface area (TPSA) is 95.9 Å². The van der Waals surface area contributed by atoms with Gasteiger partial charge in [-0.25, -0.2) is 9.59 Å². The molecular formula is C26H21BrN2O5S. The Balaban J connectivity index is 1.28. The summed E-state index contributed by atoms with van der Waals surface area (Å²) in [4.78, 5) is 38.5. The number of anilines is 1. The summed E-state index contributed by atoms with van der Waals surface area (Å²) >= 11 is 4.75. The number of hydrogen-bond acceptors (Lipinski definition) is 5. The highest BCUT2D eigenvalue weighted by molar-refractivity contribution is 9.10. The first-order valence-corrected chi connectivity index (χ1v) is 12.9. The second-order valence-corrected chi connectivity index (χ2v) is 10.1. The minimum Gasteiger partial charge on any atom is -0.480 e. The Morgan fingerprint density at radius 2 is 1.69 bits per heavy atom. The van der Waals surface area contributed by atoms with Gasteiger partial charge in [-0.3, -0.25) is 10.1 Å². The van der Waals surface area contributed by atoms with Crippen LogP contribution in [0, 0.1) is 0 Å². The van der Waals surface area contributed by atoms with Crippen LogP contribution in [0.25, 0.3) is 11.1 Å². The standard InChI is InChI=1S/C26H21BrN2O5S/c27-22-10-9-15(11-20(22)24(30)29-14-35-13-23(29)25(31)32)28-26(33)34-12-21-18-7-3-1-5-16(18)17-6-2-4-8-19(17)21/h1-11,21,23H,12-14H2,(H,28,33)(H,31,32). The third-order valence-electron chi connectivity index (χ3n) is 6.22. The van der Waals surface area contributed by atoms with Gasteiger partial charge in [-0.05, 0) is 56.4 Å². The first-order valence-electron chi connectivity index (χ1n) is 11.0. The zero-order valence-electron chi connectivity index (χ0n) is 18.4. The van der Waals surface area contributed by atoms with E-state index in [9.17, 15) is 19.5 Å². The lowest BCUT2D eigenvalue weighted by Crippen LogP contribution is -2.41. The van der Waals surface area contributed by atoms with E-state index in [1.54, 1.807) is 12.1 Å². The van der Waals surface area contributed by atoms with Gasteiger partial charge in [-0.2, -0.15) is 0 Å². The quantitative estimate of drug-likeness (QED) is 0.439. The average molecular weight is 553 g/mol. The summed E-state index contributed by atoms with van der Waals surface area (Å²) in [6.07, 6.45) is -0.632. The molecule has 0 spiro atoms. The number of fused-ring (bicyclic) bond motifs is 3. The van der Waals surface area contributed by atoms with Crippen molar-refractivity contribution in [3.63, 3.8) is 0 Å². The summed E-state index contributed by atoms with van der Waals surface area (Å²) in [5.74, 6) is -0.864. The highest BCUT2D eigenvalue weighted by Gasteiger charge is 2.36. The number of nitrogens with one attached hydrogen (secondary N) is 1. The molecule has 2 N–H and O–H groups in total. The lowest BCUT2D eigenvalue weighted by molar-refractivity contribution is -0.140. The van der Waals surface area contributed by atoms with E-state index in [0.717, 1.165) is 22.3 Å². The van der Waals surface area contributed by atoms with Gasteiger partial charge < -0.3 is 14.7 Å². The van der Waals surface area contributed by atoms with Crippen LogP contribution in [0.5, 0.6) is 0 Å². The normalized spacial score (nSPS) is 16.5. The molecule has 1 aliphatic carbocycles. The van der Waals surface area contributed by atoms with E-state index in [0.29, 0.717) is 21.8 Å². The van der Waals surface area contributed by atoms with E-state index in [2.05, 4.69) is 45.5 Å². The van der Waals surface area contributed by atoms with Crippen molar-refractivity contribution in [2.45, 2.75) is 12.0 Å². The van der Waals surface area contributed by atoms with Crippen molar-refractivity contribution in [1.82, 2.24) is 4.90 Å². The number of carbonyl (C=O) groups is 3. The van der Waals surface area contributed by atoms with E-state index >= 15 is 0 Å². The second kappa shape index (κ2) is 9.75. The largest absolute Gasteiger partial charge is 0.480 e. The fourth-order valence-electron chi connectivity index (χ4n) is 4.52. The SMILES string of the molecule is O=C(Nc1ccc(Br)c(C(=O)N2CSCC2C(=O)O)c1)OCC1c2ccccc2-c2ccccc21. The molecule has 1 fully saturated rings. The summed E-state index contributed by atoms with van der Waals surface area (Å²) in [5, 5.41) is 12.1. The molecule has 1 heterocycles. The molecule has 1 aliphatic heterocycles. The maximum atomic E-state index is 13.0. The number of carboxylic acid groups (broad SMARTS) is 1. The Morgan fingerprint density at radius 3 is 2.34 bits per heavy atom. The fraction of sp³-hybridized carbons (Fsp3) is 0.192. The fourth-order valence-corrected chi connectivity index (χ4v) is 6.08. The maximum Gasteiger partial charge on any atom is 0.411 e. The van der Waals surface area contributed by atoms with Gasteiger partial charge in [0.05, 0.1) is 11.4 Å². The molecule has 3 aromatic rings. The minimum absolute atomic E-state index is 0.0594. The van der Waals surface area contributed by atoms with E-state index in [4.69, 9.17) is 4.74 Å². The first kappa shape index (κ1) is 23.4. The van der Waals surface area contributed by atoms with E-state index in [1.165, 1.54) is 22.7 Å². The predicted octanol–water partition coefficient (Wildman–Crippen LogP) is 5.41. The van der Waals surface area contributed by atoms with E-state index in [-0.39, 0.29) is 18.1 Å². The molecule has 0 aromatic heterocycles. The molecule has 0 bridgehead atoms. The first-order chi connectivity index (χ1) is 16.9. The number of rotatable bonds is 5. The van der Waals surface area contributed by atoms with Gasteiger partial charge in [0.1, 0.15) is 12.6 Å². The molecule has 35 heavy (non-hydrogen) atoms. The van der Waals surface area contributed by atoms with Gasteiger partial charge in [0.15, 0.2) is 0 Å². The Labute approximate surface area is 214 Å². The number of nitrogens with zero attached hydrogens (tertiary/aromatic N) is 1. The van der Waals surface area contributed by atoms with Gasteiger partial charge in [0, 0.05) is 21.8 Å². The van der Waals surface area contributed by atoms with E-state index in [1.807, 2.05) is 24.3 Å². The smallest absolute Gasteiger partial charge is 0.411 e. The lowest BCUT2D eigenvalue weighted by atomic mass is 9.98. The molecule has 7 nitrogen and oxygen atoms in total. The van der Waals surface area contributed by atoms with Crippen molar-refractivity contribution in [1.29, 1.82) is 0 Å². The van der Waals surface area contributed by atoms with Crippen molar-refractivity contribution in [3.05, 3.63) is 87.9 Å². The average Bonchev–Trinajstić information content (AvgIpc) is 3.47. The van der Waals surface area contributed by atoms with E-state index < -0.39 is 24.0 Å². The number of carboxylic acids is 1. The predicted molar refractivity (Wildman–Crippen MR) is 138 cm³/mol. The molecule has 2 amide bonds. The number of aliphatic carboxylic acids is 1. The Kier molecular flexibility index (Phi) is 6.53. The summed E-state index contributed by atoms with van der Waals surface area (Å²) in [6, 6.07) is 20.1. The minimum atomic E-state index is -1.03. The Bertz CT molecular complexity index is 1290. The van der Waals surface area contributed by atoms with Crippen LogP contribution < -0.4 is 5.32 Å². The molecule has 0 saturated carbocycles. The van der Waals surface area contributed by atoms with Gasteiger partial charge in [-0.15, -0.1) is 11.8 Å². The summed E-state index contributed by atoms with van der Waals surface area (Å²) in [7, 11) is 0. The highest BCUT2D eigenvalue weighted by Crippen LogP contribution is 2.44. The Morgan fingerprint density at radius 1 is 1.03 bits per heavy atom. The van der Waals surface area contributed by atoms with Crippen LogP contribution in [0.1, 0.15) is 27.4 Å². The molecular weight excluding hydrogens is 532 g/mol. The zero-order valence-corrected chi connectivity index (χ0v) is 20.8. The van der Waals surface area contributed by atoms with Crippen LogP contribution in [-0.2, 0) is 9.53 Å². The molecule has 3 aromatic carbocycles. The molecule has 9 heteroatoms. The number of halogens is 1. The van der Waals surface area contributed by atoms with Crippen molar-refractivity contribution >= 4 is 51.3 Å². The monoisotopic (exact) mass is 552 g/mol.